The van der Waals surface area contributed by atoms with E-state index in [1.54, 1.807) is 19.2 Å². The number of benzene rings is 1. The Bertz CT molecular complexity index is 389. The van der Waals surface area contributed by atoms with E-state index in [-0.39, 0.29) is 6.10 Å². The highest BCUT2D eigenvalue weighted by molar-refractivity contribution is 7.13. The molecule has 16 heavy (non-hydrogen) atoms. The van der Waals surface area contributed by atoms with Crippen LogP contribution in [0, 0.1) is 0 Å². The van der Waals surface area contributed by atoms with Gasteiger partial charge in [-0.25, -0.2) is 0 Å². The summed E-state index contributed by atoms with van der Waals surface area (Å²) in [6.07, 6.45) is 2.26. The molecular formula is C12H16NO2P. The molecule has 4 heteroatoms. The molecule has 0 radical (unpaired) electrons. The Morgan fingerprint density at radius 1 is 1.38 bits per heavy atom. The maximum absolute atomic E-state index is 9.26. The molecular weight excluding hydrogens is 221 g/mol. The van der Waals surface area contributed by atoms with Gasteiger partial charge in [0.15, 0.2) is 0 Å². The highest BCUT2D eigenvalue weighted by Gasteiger charge is 2.21. The summed E-state index contributed by atoms with van der Waals surface area (Å²) in [5, 5.41) is 9.26. The molecule has 1 aliphatic rings. The van der Waals surface area contributed by atoms with Gasteiger partial charge >= 0.3 is 0 Å². The maximum Gasteiger partial charge on any atom is 0.115 e. The Morgan fingerprint density at radius 3 is 2.69 bits per heavy atom. The first-order valence-corrected chi connectivity index (χ1v) is 5.74. The monoisotopic (exact) mass is 237 g/mol. The third-order valence-electron chi connectivity index (χ3n) is 2.78. The SMILES string of the molecule is COC1CN(P)CC=C1c1ccc(O)cc1. The highest BCUT2D eigenvalue weighted by Crippen LogP contribution is 2.27. The summed E-state index contributed by atoms with van der Waals surface area (Å²) < 4.78 is 7.61. The van der Waals surface area contributed by atoms with Gasteiger partial charge in [0.2, 0.25) is 0 Å². The van der Waals surface area contributed by atoms with Crippen molar-refractivity contribution in [1.29, 1.82) is 0 Å². The van der Waals surface area contributed by atoms with Crippen LogP contribution in [0.25, 0.3) is 5.57 Å². The second-order valence-corrected chi connectivity index (χ2v) is 4.61. The van der Waals surface area contributed by atoms with Crippen LogP contribution in [0.5, 0.6) is 5.75 Å². The number of rotatable bonds is 2. The number of hydrogen-bond acceptors (Lipinski definition) is 3. The first-order valence-electron chi connectivity index (χ1n) is 5.22. The average molecular weight is 237 g/mol. The van der Waals surface area contributed by atoms with Gasteiger partial charge in [-0.1, -0.05) is 27.6 Å². The van der Waals surface area contributed by atoms with Crippen molar-refractivity contribution >= 4 is 15.0 Å². The van der Waals surface area contributed by atoms with E-state index >= 15 is 0 Å². The number of methoxy groups -OCH3 is 1. The molecule has 2 rings (SSSR count). The molecule has 0 saturated heterocycles. The first kappa shape index (κ1) is 11.6. The van der Waals surface area contributed by atoms with Gasteiger partial charge in [0, 0.05) is 20.2 Å². The summed E-state index contributed by atoms with van der Waals surface area (Å²) in [5.74, 6) is 0.293. The van der Waals surface area contributed by atoms with Gasteiger partial charge in [0.1, 0.15) is 5.75 Å². The van der Waals surface area contributed by atoms with E-state index in [9.17, 15) is 5.11 Å². The van der Waals surface area contributed by atoms with Crippen molar-refractivity contribution in [2.75, 3.05) is 20.2 Å². The lowest BCUT2D eigenvalue weighted by Gasteiger charge is -2.29. The van der Waals surface area contributed by atoms with Crippen LogP contribution < -0.4 is 0 Å². The van der Waals surface area contributed by atoms with Crippen LogP contribution in [-0.2, 0) is 4.74 Å². The van der Waals surface area contributed by atoms with Crippen molar-refractivity contribution in [2.45, 2.75) is 6.10 Å². The topological polar surface area (TPSA) is 32.7 Å². The normalized spacial score (nSPS) is 21.9. The molecule has 0 aromatic heterocycles. The van der Waals surface area contributed by atoms with Gasteiger partial charge in [-0.05, 0) is 23.3 Å². The first-order chi connectivity index (χ1) is 7.70. The third-order valence-corrected chi connectivity index (χ3v) is 3.20. The fourth-order valence-corrected chi connectivity index (χ4v) is 2.19. The zero-order chi connectivity index (χ0) is 11.5. The Balaban J connectivity index is 2.28. The van der Waals surface area contributed by atoms with Crippen molar-refractivity contribution in [3.63, 3.8) is 0 Å². The highest BCUT2D eigenvalue weighted by atomic mass is 31.0. The molecule has 86 valence electrons. The number of phenols is 1. The number of phenolic OH excluding ortho intramolecular Hbond substituents is 1. The third kappa shape index (κ3) is 2.43. The van der Waals surface area contributed by atoms with Crippen molar-refractivity contribution in [2.24, 2.45) is 0 Å². The van der Waals surface area contributed by atoms with E-state index in [4.69, 9.17) is 4.74 Å². The van der Waals surface area contributed by atoms with Crippen molar-refractivity contribution in [3.8, 4) is 5.75 Å². The molecule has 0 bridgehead atoms. The van der Waals surface area contributed by atoms with E-state index in [1.807, 2.05) is 12.1 Å². The lowest BCUT2D eigenvalue weighted by Crippen LogP contribution is -2.32. The molecule has 0 aliphatic carbocycles. The lowest BCUT2D eigenvalue weighted by molar-refractivity contribution is 0.128. The van der Waals surface area contributed by atoms with Crippen LogP contribution in [0.2, 0.25) is 0 Å². The largest absolute Gasteiger partial charge is 0.508 e. The molecule has 1 N–H and O–H groups in total. The van der Waals surface area contributed by atoms with E-state index < -0.39 is 0 Å². The number of nitrogens with zero attached hydrogens (tertiary/aromatic N) is 1. The fourth-order valence-electron chi connectivity index (χ4n) is 1.89. The molecule has 2 atom stereocenters. The van der Waals surface area contributed by atoms with Gasteiger partial charge in [0.05, 0.1) is 6.10 Å². The van der Waals surface area contributed by atoms with Crippen LogP contribution in [0.3, 0.4) is 0 Å². The average Bonchev–Trinajstić information content (AvgIpc) is 2.30. The fraction of sp³-hybridized carbons (Fsp3) is 0.333. The lowest BCUT2D eigenvalue weighted by atomic mass is 9.97. The zero-order valence-electron chi connectivity index (χ0n) is 9.26. The minimum Gasteiger partial charge on any atom is -0.508 e. The minimum absolute atomic E-state index is 0.0933. The van der Waals surface area contributed by atoms with Gasteiger partial charge < -0.3 is 9.84 Å². The molecule has 0 spiro atoms. The summed E-state index contributed by atoms with van der Waals surface area (Å²) in [6, 6.07) is 7.25. The molecule has 0 fully saturated rings. The van der Waals surface area contributed by atoms with Crippen molar-refractivity contribution in [1.82, 2.24) is 4.67 Å². The molecule has 0 saturated carbocycles. The van der Waals surface area contributed by atoms with Gasteiger partial charge in [0.25, 0.3) is 0 Å². The van der Waals surface area contributed by atoms with Crippen LogP contribution in [0.4, 0.5) is 0 Å². The van der Waals surface area contributed by atoms with Crippen LogP contribution >= 0.6 is 9.39 Å². The Morgan fingerprint density at radius 2 is 2.06 bits per heavy atom. The minimum atomic E-state index is 0.0933. The summed E-state index contributed by atoms with van der Waals surface area (Å²) in [4.78, 5) is 0. The van der Waals surface area contributed by atoms with Gasteiger partial charge in [-0.2, -0.15) is 0 Å². The zero-order valence-corrected chi connectivity index (χ0v) is 10.4. The Labute approximate surface area is 98.0 Å². The van der Waals surface area contributed by atoms with E-state index in [2.05, 4.69) is 20.1 Å². The van der Waals surface area contributed by atoms with E-state index in [0.717, 1.165) is 18.7 Å². The number of hydrogen-bond donors (Lipinski definition) is 1. The van der Waals surface area contributed by atoms with E-state index in [1.165, 1.54) is 5.57 Å². The number of aromatic hydroxyl groups is 1. The molecule has 1 aromatic carbocycles. The van der Waals surface area contributed by atoms with Crippen LogP contribution in [0.15, 0.2) is 30.3 Å². The van der Waals surface area contributed by atoms with Crippen LogP contribution in [0.1, 0.15) is 5.56 Å². The van der Waals surface area contributed by atoms with E-state index in [0.29, 0.717) is 5.75 Å². The van der Waals surface area contributed by atoms with Gasteiger partial charge in [-0.3, -0.25) is 4.67 Å². The predicted molar refractivity (Wildman–Crippen MR) is 68.2 cm³/mol. The Hall–Kier alpha value is -0.890. The molecule has 0 amide bonds. The molecule has 2 unspecified atom stereocenters. The second kappa shape index (κ2) is 4.96. The van der Waals surface area contributed by atoms with Crippen LogP contribution in [-0.4, -0.2) is 36.1 Å². The summed E-state index contributed by atoms with van der Waals surface area (Å²) in [7, 11) is 4.41. The maximum atomic E-state index is 9.26. The molecule has 1 aliphatic heterocycles. The molecule has 1 aromatic rings. The summed E-state index contributed by atoms with van der Waals surface area (Å²) >= 11 is 0. The molecule has 3 nitrogen and oxygen atoms in total. The van der Waals surface area contributed by atoms with Crippen molar-refractivity contribution in [3.05, 3.63) is 35.9 Å². The van der Waals surface area contributed by atoms with Crippen molar-refractivity contribution < 1.29 is 9.84 Å². The molecule has 1 heterocycles. The Kier molecular flexibility index (Phi) is 3.59. The number of ether oxygens (including phenoxy) is 1. The van der Waals surface area contributed by atoms with Gasteiger partial charge in [-0.15, -0.1) is 0 Å². The second-order valence-electron chi connectivity index (χ2n) is 3.88. The standard InChI is InChI=1S/C12H16NO2P/c1-15-12-8-13(16)7-6-11(12)9-2-4-10(14)5-3-9/h2-6,12,14H,7-8,16H2,1H3. The smallest absolute Gasteiger partial charge is 0.115 e. The quantitative estimate of drug-likeness (QED) is 0.797. The summed E-state index contributed by atoms with van der Waals surface area (Å²) in [6.45, 7) is 1.77. The summed E-state index contributed by atoms with van der Waals surface area (Å²) in [5.41, 5.74) is 2.31. The predicted octanol–water partition coefficient (Wildman–Crippen LogP) is 1.90.